The summed E-state index contributed by atoms with van der Waals surface area (Å²) >= 11 is 14.8. The lowest BCUT2D eigenvalue weighted by molar-refractivity contribution is 0.139. The Morgan fingerprint density at radius 2 is 2.00 bits per heavy atom. The van der Waals surface area contributed by atoms with Crippen LogP contribution in [0.25, 0.3) is 0 Å². The van der Waals surface area contributed by atoms with Gasteiger partial charge in [-0.3, -0.25) is 0 Å². The minimum Gasteiger partial charge on any atom is -0.328 e. The number of halogens is 3. The van der Waals surface area contributed by atoms with Crippen molar-refractivity contribution in [1.82, 2.24) is 0 Å². The lowest BCUT2D eigenvalue weighted by Crippen LogP contribution is -2.02. The van der Waals surface area contributed by atoms with Crippen molar-refractivity contribution in [2.24, 2.45) is 5.16 Å². The molecule has 0 spiro atoms. The Hall–Kier alpha value is 0.0500. The van der Waals surface area contributed by atoms with Crippen molar-refractivity contribution in [3.05, 3.63) is 0 Å². The van der Waals surface area contributed by atoms with E-state index in [9.17, 15) is 4.79 Å². The largest absolute Gasteiger partial charge is 0.362 e. The minimum absolute atomic E-state index is 1.02. The summed E-state index contributed by atoms with van der Waals surface area (Å²) in [7, 11) is 0. The molecule has 0 heterocycles. The van der Waals surface area contributed by atoms with Gasteiger partial charge in [-0.15, -0.1) is 0 Å². The van der Waals surface area contributed by atoms with Crippen molar-refractivity contribution in [3.8, 4) is 0 Å². The maximum absolute atomic E-state index is 9.26. The average Bonchev–Trinajstić information content (AvgIpc) is 1.59. The number of nitrogens with zero attached hydrogens (tertiary/aromatic N) is 1. The summed E-state index contributed by atoms with van der Waals surface area (Å²) in [5.74, 6) is 0. The zero-order valence-corrected chi connectivity index (χ0v) is 5.67. The topological polar surface area (TPSA) is 38.7 Å². The summed E-state index contributed by atoms with van der Waals surface area (Å²) in [6.45, 7) is 0. The van der Waals surface area contributed by atoms with Gasteiger partial charge in [-0.2, -0.15) is 0 Å². The highest BCUT2D eigenvalue weighted by molar-refractivity contribution is 6.66. The van der Waals surface area contributed by atoms with Crippen LogP contribution in [-0.4, -0.2) is 10.1 Å². The molecule has 0 aliphatic heterocycles. The molecule has 0 aliphatic carbocycles. The number of isocyanates is 1. The van der Waals surface area contributed by atoms with Gasteiger partial charge >= 0.3 is 3.98 Å². The Kier molecular flexibility index (Phi) is 3.17. The molecule has 0 radical (unpaired) electrons. The zero-order chi connectivity index (χ0) is 6.62. The van der Waals surface area contributed by atoms with Crippen molar-refractivity contribution in [2.75, 3.05) is 0 Å². The number of rotatable bonds is 1. The first-order valence-corrected chi connectivity index (χ1v) is 2.52. The Morgan fingerprint density at radius 1 is 1.50 bits per heavy atom. The molecule has 0 aromatic heterocycles. The molecule has 0 aromatic carbocycles. The van der Waals surface area contributed by atoms with E-state index in [2.05, 4.69) is 9.99 Å². The van der Waals surface area contributed by atoms with E-state index < -0.39 is 3.98 Å². The quantitative estimate of drug-likeness (QED) is 0.263. The van der Waals surface area contributed by atoms with Crippen LogP contribution in [0.15, 0.2) is 5.16 Å². The van der Waals surface area contributed by atoms with Crippen LogP contribution < -0.4 is 0 Å². The van der Waals surface area contributed by atoms with Crippen LogP contribution in [0.5, 0.6) is 0 Å². The van der Waals surface area contributed by atoms with Gasteiger partial charge in [0.2, 0.25) is 0 Å². The fourth-order valence-electron chi connectivity index (χ4n) is 0.0704. The van der Waals surface area contributed by atoms with E-state index in [1.807, 2.05) is 0 Å². The summed E-state index contributed by atoms with van der Waals surface area (Å²) in [6.07, 6.45) is 1.02. The first kappa shape index (κ1) is 8.05. The van der Waals surface area contributed by atoms with Crippen molar-refractivity contribution >= 4 is 40.9 Å². The third-order valence-corrected chi connectivity index (χ3v) is 0.393. The highest BCUT2D eigenvalue weighted by atomic mass is 35.6. The van der Waals surface area contributed by atoms with Crippen molar-refractivity contribution in [2.45, 2.75) is 3.98 Å². The van der Waals surface area contributed by atoms with Crippen molar-refractivity contribution in [3.63, 3.8) is 0 Å². The average molecular weight is 176 g/mol. The molecule has 46 valence electrons. The zero-order valence-electron chi connectivity index (χ0n) is 3.40. The monoisotopic (exact) mass is 175 g/mol. The summed E-state index contributed by atoms with van der Waals surface area (Å²) in [5, 5.41) is 2.54. The molecule has 0 aromatic rings. The fourth-order valence-corrected chi connectivity index (χ4v) is 0.174. The predicted molar refractivity (Wildman–Crippen MR) is 29.5 cm³/mol. The van der Waals surface area contributed by atoms with Crippen LogP contribution in [0.3, 0.4) is 0 Å². The van der Waals surface area contributed by atoms with Crippen LogP contribution in [-0.2, 0) is 9.63 Å². The van der Waals surface area contributed by atoms with E-state index in [0.717, 1.165) is 6.08 Å². The third kappa shape index (κ3) is 6.05. The second-order valence-electron chi connectivity index (χ2n) is 0.720. The van der Waals surface area contributed by atoms with E-state index in [1.54, 1.807) is 0 Å². The second kappa shape index (κ2) is 3.15. The number of alkyl halides is 3. The van der Waals surface area contributed by atoms with Gasteiger partial charge in [0.05, 0.1) is 0 Å². The number of hydrogen-bond acceptors (Lipinski definition) is 3. The van der Waals surface area contributed by atoms with E-state index in [-0.39, 0.29) is 0 Å². The Morgan fingerprint density at radius 3 is 2.12 bits per heavy atom. The normalized spacial score (nSPS) is 9.88. The van der Waals surface area contributed by atoms with Gasteiger partial charge in [-0.25, -0.2) is 4.79 Å². The molecule has 0 bridgehead atoms. The first-order chi connectivity index (χ1) is 3.56. The smallest absolute Gasteiger partial charge is 0.328 e. The standard InChI is InChI=1S/C2Cl3NO2/c3-2(4,5)8-6-1-7. The number of carbonyl (C=O) groups excluding carboxylic acids is 1. The summed E-state index contributed by atoms with van der Waals surface area (Å²) in [6, 6.07) is 0. The molecule has 8 heavy (non-hydrogen) atoms. The second-order valence-corrected chi connectivity index (χ2v) is 2.90. The molecular weight excluding hydrogens is 176 g/mol. The van der Waals surface area contributed by atoms with Gasteiger partial charge < -0.3 is 4.84 Å². The van der Waals surface area contributed by atoms with Gasteiger partial charge in [0.1, 0.15) is 0 Å². The van der Waals surface area contributed by atoms with Crippen LogP contribution >= 0.6 is 34.8 Å². The van der Waals surface area contributed by atoms with E-state index in [1.165, 1.54) is 0 Å². The first-order valence-electron chi connectivity index (χ1n) is 1.38. The molecule has 0 aliphatic rings. The summed E-state index contributed by atoms with van der Waals surface area (Å²) in [4.78, 5) is 13.1. The molecule has 0 amide bonds. The van der Waals surface area contributed by atoms with Crippen LogP contribution in [0.1, 0.15) is 0 Å². The summed E-state index contributed by atoms with van der Waals surface area (Å²) < 4.78 is -1.96. The Bertz CT molecular complexity index is 113. The molecule has 0 saturated carbocycles. The lowest BCUT2D eigenvalue weighted by Gasteiger charge is -2.02. The maximum Gasteiger partial charge on any atom is 0.362 e. The van der Waals surface area contributed by atoms with E-state index in [4.69, 9.17) is 34.8 Å². The van der Waals surface area contributed by atoms with E-state index in [0.29, 0.717) is 0 Å². The lowest BCUT2D eigenvalue weighted by atomic mass is 11.6. The Labute approximate surface area is 60.1 Å². The van der Waals surface area contributed by atoms with Gasteiger partial charge in [-0.1, -0.05) is 0 Å². The molecule has 6 heteroatoms. The Balaban J connectivity index is 3.55. The molecule has 0 N–H and O–H groups in total. The minimum atomic E-state index is -1.96. The molecule has 0 saturated heterocycles. The molecule has 0 unspecified atom stereocenters. The van der Waals surface area contributed by atoms with Gasteiger partial charge in [0.15, 0.2) is 0 Å². The van der Waals surface area contributed by atoms with Gasteiger partial charge in [0.25, 0.3) is 6.08 Å². The van der Waals surface area contributed by atoms with Crippen molar-refractivity contribution < 1.29 is 9.63 Å². The number of hydrogen-bond donors (Lipinski definition) is 0. The molecule has 0 rings (SSSR count). The third-order valence-electron chi connectivity index (χ3n) is 0.186. The summed E-state index contributed by atoms with van der Waals surface area (Å²) in [5.41, 5.74) is 0. The fraction of sp³-hybridized carbons (Fsp3) is 0.500. The molecule has 0 fully saturated rings. The molecular formula is C2Cl3NO2. The van der Waals surface area contributed by atoms with Gasteiger partial charge in [0, 0.05) is 5.16 Å². The predicted octanol–water partition coefficient (Wildman–Crippen LogP) is 1.58. The highest BCUT2D eigenvalue weighted by Gasteiger charge is 2.20. The van der Waals surface area contributed by atoms with Crippen LogP contribution in [0, 0.1) is 0 Å². The maximum atomic E-state index is 9.26. The van der Waals surface area contributed by atoms with Crippen LogP contribution in [0.4, 0.5) is 0 Å². The van der Waals surface area contributed by atoms with E-state index >= 15 is 0 Å². The highest BCUT2D eigenvalue weighted by Crippen LogP contribution is 2.26. The molecule has 3 nitrogen and oxygen atoms in total. The molecule has 0 atom stereocenters. The SMILES string of the molecule is O=C=NOC(Cl)(Cl)Cl. The van der Waals surface area contributed by atoms with Gasteiger partial charge in [-0.05, 0) is 34.8 Å². The van der Waals surface area contributed by atoms with Crippen LogP contribution in [0.2, 0.25) is 0 Å². The van der Waals surface area contributed by atoms with Crippen molar-refractivity contribution in [1.29, 1.82) is 0 Å².